The van der Waals surface area contributed by atoms with E-state index in [-0.39, 0.29) is 5.76 Å². The number of amides is 1. The zero-order valence-electron chi connectivity index (χ0n) is 11.5. The zero-order chi connectivity index (χ0) is 15.4. The summed E-state index contributed by atoms with van der Waals surface area (Å²) in [4.78, 5) is 23.3. The highest BCUT2D eigenvalue weighted by molar-refractivity contribution is 9.10. The molecule has 1 N–H and O–H groups in total. The number of nitrogens with one attached hydrogen (secondary N) is 1. The first-order valence-corrected chi connectivity index (χ1v) is 6.91. The Morgan fingerprint density at radius 3 is 2.71 bits per heavy atom. The second-order valence-corrected chi connectivity index (χ2v) is 5.29. The van der Waals surface area contributed by atoms with Crippen molar-refractivity contribution in [3.05, 3.63) is 45.8 Å². The van der Waals surface area contributed by atoms with Crippen molar-refractivity contribution >= 4 is 33.5 Å². The van der Waals surface area contributed by atoms with Gasteiger partial charge >= 0.3 is 5.97 Å². The molecule has 1 aromatic heterocycles. The number of aromatic nitrogens is 1. The summed E-state index contributed by atoms with van der Waals surface area (Å²) in [5.74, 6) is -1.20. The van der Waals surface area contributed by atoms with Crippen LogP contribution >= 0.6 is 15.9 Å². The van der Waals surface area contributed by atoms with Gasteiger partial charge in [0.1, 0.15) is 0 Å². The SMILES string of the molecule is Cc1ccc(NC(=O)COC(=O)c2cc(C)no2)c(Br)c1. The Labute approximate surface area is 129 Å². The second kappa shape index (κ2) is 6.53. The predicted octanol–water partition coefficient (Wildman–Crippen LogP) is 2.85. The molecule has 21 heavy (non-hydrogen) atoms. The first kappa shape index (κ1) is 15.2. The highest BCUT2D eigenvalue weighted by Gasteiger charge is 2.15. The fraction of sp³-hybridized carbons (Fsp3) is 0.214. The van der Waals surface area contributed by atoms with Crippen molar-refractivity contribution in [2.24, 2.45) is 0 Å². The van der Waals surface area contributed by atoms with Crippen LogP contribution in [-0.4, -0.2) is 23.6 Å². The lowest BCUT2D eigenvalue weighted by molar-refractivity contribution is -0.119. The molecule has 7 heteroatoms. The van der Waals surface area contributed by atoms with Gasteiger partial charge in [0.05, 0.1) is 11.4 Å². The Hall–Kier alpha value is -2.15. The normalized spacial score (nSPS) is 10.2. The highest BCUT2D eigenvalue weighted by atomic mass is 79.9. The Kier molecular flexibility index (Phi) is 4.74. The summed E-state index contributed by atoms with van der Waals surface area (Å²) in [6, 6.07) is 6.94. The summed E-state index contributed by atoms with van der Waals surface area (Å²) in [6.45, 7) is 3.22. The van der Waals surface area contributed by atoms with Crippen molar-refractivity contribution in [2.45, 2.75) is 13.8 Å². The molecule has 6 nitrogen and oxygen atoms in total. The third kappa shape index (κ3) is 4.16. The molecule has 0 fully saturated rings. The number of nitrogens with zero attached hydrogens (tertiary/aromatic N) is 1. The molecule has 110 valence electrons. The smallest absolute Gasteiger partial charge is 0.377 e. The maximum Gasteiger partial charge on any atom is 0.377 e. The fourth-order valence-corrected chi connectivity index (χ4v) is 2.16. The van der Waals surface area contributed by atoms with Crippen LogP contribution in [0.4, 0.5) is 5.69 Å². The van der Waals surface area contributed by atoms with Crippen LogP contribution in [-0.2, 0) is 9.53 Å². The minimum atomic E-state index is -0.728. The molecule has 0 aliphatic rings. The number of anilines is 1. The van der Waals surface area contributed by atoms with Gasteiger partial charge in [0.2, 0.25) is 5.76 Å². The van der Waals surface area contributed by atoms with Gasteiger partial charge < -0.3 is 14.6 Å². The molecule has 0 saturated heterocycles. The van der Waals surface area contributed by atoms with E-state index >= 15 is 0 Å². The number of carbonyl (C=O) groups is 2. The van der Waals surface area contributed by atoms with E-state index in [4.69, 9.17) is 9.26 Å². The minimum absolute atomic E-state index is 0.0307. The van der Waals surface area contributed by atoms with E-state index in [9.17, 15) is 9.59 Å². The van der Waals surface area contributed by atoms with Gasteiger partial charge in [0, 0.05) is 10.5 Å². The van der Waals surface area contributed by atoms with E-state index in [0.29, 0.717) is 11.4 Å². The van der Waals surface area contributed by atoms with E-state index < -0.39 is 18.5 Å². The summed E-state index contributed by atoms with van der Waals surface area (Å²) in [5.41, 5.74) is 2.24. The summed E-state index contributed by atoms with van der Waals surface area (Å²) >= 11 is 3.35. The van der Waals surface area contributed by atoms with Crippen LogP contribution in [0.1, 0.15) is 21.8 Å². The molecule has 1 aromatic carbocycles. The van der Waals surface area contributed by atoms with Crippen LogP contribution in [0.2, 0.25) is 0 Å². The molecule has 2 aromatic rings. The van der Waals surface area contributed by atoms with Gasteiger partial charge in [0.25, 0.3) is 5.91 Å². The third-order valence-electron chi connectivity index (χ3n) is 2.56. The van der Waals surface area contributed by atoms with Gasteiger partial charge in [-0.15, -0.1) is 0 Å². The summed E-state index contributed by atoms with van der Waals surface area (Å²) in [7, 11) is 0. The van der Waals surface area contributed by atoms with Gasteiger partial charge in [-0.25, -0.2) is 4.79 Å². The number of hydrogen-bond donors (Lipinski definition) is 1. The largest absolute Gasteiger partial charge is 0.450 e. The summed E-state index contributed by atoms with van der Waals surface area (Å²) < 4.78 is 10.3. The molecule has 0 spiro atoms. The van der Waals surface area contributed by atoms with E-state index in [1.54, 1.807) is 13.0 Å². The van der Waals surface area contributed by atoms with Crippen molar-refractivity contribution in [1.29, 1.82) is 0 Å². The third-order valence-corrected chi connectivity index (χ3v) is 3.22. The van der Waals surface area contributed by atoms with Crippen LogP contribution in [0.15, 0.2) is 33.3 Å². The standard InChI is InChI=1S/C14H13BrN2O4/c1-8-3-4-11(10(15)5-8)16-13(18)7-20-14(19)12-6-9(2)17-21-12/h3-6H,7H2,1-2H3,(H,16,18). The molecular weight excluding hydrogens is 340 g/mol. The van der Waals surface area contributed by atoms with Gasteiger partial charge in [0.15, 0.2) is 6.61 Å². The van der Waals surface area contributed by atoms with Gasteiger partial charge in [-0.1, -0.05) is 11.2 Å². The van der Waals surface area contributed by atoms with Crippen molar-refractivity contribution in [3.63, 3.8) is 0 Å². The molecule has 0 aliphatic heterocycles. The van der Waals surface area contributed by atoms with E-state index in [2.05, 4.69) is 26.4 Å². The quantitative estimate of drug-likeness (QED) is 0.855. The average molecular weight is 353 g/mol. The number of esters is 1. The number of halogens is 1. The maximum absolute atomic E-state index is 11.7. The number of aryl methyl sites for hydroxylation is 2. The number of benzene rings is 1. The first-order valence-electron chi connectivity index (χ1n) is 6.12. The minimum Gasteiger partial charge on any atom is -0.450 e. The molecule has 0 unspecified atom stereocenters. The number of rotatable bonds is 4. The Bertz CT molecular complexity index is 681. The highest BCUT2D eigenvalue weighted by Crippen LogP contribution is 2.23. The lowest BCUT2D eigenvalue weighted by Gasteiger charge is -2.08. The summed E-state index contributed by atoms with van der Waals surface area (Å²) in [5, 5.41) is 6.21. The van der Waals surface area contributed by atoms with Crippen molar-refractivity contribution in [2.75, 3.05) is 11.9 Å². The lowest BCUT2D eigenvalue weighted by atomic mass is 10.2. The number of ether oxygens (including phenoxy) is 1. The van der Waals surface area contributed by atoms with Gasteiger partial charge in [-0.2, -0.15) is 0 Å². The van der Waals surface area contributed by atoms with E-state index in [1.165, 1.54) is 6.07 Å². The monoisotopic (exact) mass is 352 g/mol. The molecule has 0 aliphatic carbocycles. The van der Waals surface area contributed by atoms with Crippen molar-refractivity contribution in [1.82, 2.24) is 5.16 Å². The van der Waals surface area contributed by atoms with Crippen LogP contribution in [0, 0.1) is 13.8 Å². The van der Waals surface area contributed by atoms with Crippen molar-refractivity contribution in [3.8, 4) is 0 Å². The maximum atomic E-state index is 11.7. The van der Waals surface area contributed by atoms with Crippen LogP contribution in [0.5, 0.6) is 0 Å². The van der Waals surface area contributed by atoms with Crippen LogP contribution in [0.25, 0.3) is 0 Å². The first-order chi connectivity index (χ1) is 9.95. The molecule has 0 saturated carbocycles. The van der Waals surface area contributed by atoms with E-state index in [0.717, 1.165) is 10.0 Å². The Balaban J connectivity index is 1.89. The van der Waals surface area contributed by atoms with Gasteiger partial charge in [-0.3, -0.25) is 4.79 Å². The van der Waals surface area contributed by atoms with Crippen LogP contribution in [0.3, 0.4) is 0 Å². The number of hydrogen-bond acceptors (Lipinski definition) is 5. The topological polar surface area (TPSA) is 81.4 Å². The second-order valence-electron chi connectivity index (χ2n) is 4.44. The molecule has 0 atom stereocenters. The average Bonchev–Trinajstić information content (AvgIpc) is 2.86. The summed E-state index contributed by atoms with van der Waals surface area (Å²) in [6.07, 6.45) is 0. The fourth-order valence-electron chi connectivity index (χ4n) is 1.57. The Morgan fingerprint density at radius 1 is 1.33 bits per heavy atom. The zero-order valence-corrected chi connectivity index (χ0v) is 13.1. The van der Waals surface area contributed by atoms with Crippen LogP contribution < -0.4 is 5.32 Å². The molecule has 1 amide bonds. The van der Waals surface area contributed by atoms with E-state index in [1.807, 2.05) is 19.1 Å². The Morgan fingerprint density at radius 2 is 2.10 bits per heavy atom. The lowest BCUT2D eigenvalue weighted by Crippen LogP contribution is -2.21. The van der Waals surface area contributed by atoms with Crippen molar-refractivity contribution < 1.29 is 18.8 Å². The molecular formula is C14H13BrN2O4. The molecule has 0 radical (unpaired) electrons. The van der Waals surface area contributed by atoms with Gasteiger partial charge in [-0.05, 0) is 47.5 Å². The molecule has 2 rings (SSSR count). The predicted molar refractivity (Wildman–Crippen MR) is 79.0 cm³/mol. The number of carbonyl (C=O) groups excluding carboxylic acids is 2. The molecule has 0 bridgehead atoms. The molecule has 1 heterocycles.